The third-order valence-electron chi connectivity index (χ3n) is 2.65. The fourth-order valence-corrected chi connectivity index (χ4v) is 1.78. The monoisotopic (exact) mass is 251 g/mol. The third-order valence-corrected chi connectivity index (χ3v) is 2.65. The topological polar surface area (TPSA) is 69.4 Å². The van der Waals surface area contributed by atoms with Gasteiger partial charge in [0.1, 0.15) is 0 Å². The van der Waals surface area contributed by atoms with Gasteiger partial charge in [0.15, 0.2) is 0 Å². The van der Waals surface area contributed by atoms with E-state index in [1.54, 1.807) is 19.1 Å². The Balaban J connectivity index is 2.91. The lowest BCUT2D eigenvalue weighted by Crippen LogP contribution is -2.15. The van der Waals surface area contributed by atoms with Crippen LogP contribution in [0.5, 0.6) is 0 Å². The normalized spacial score (nSPS) is 11.9. The Morgan fingerprint density at radius 1 is 1.33 bits per heavy atom. The second kappa shape index (κ2) is 6.74. The molecule has 0 radical (unpaired) electrons. The number of hydrogen-bond donors (Lipinski definition) is 0. The lowest BCUT2D eigenvalue weighted by atomic mass is 9.94. The van der Waals surface area contributed by atoms with Gasteiger partial charge in [0, 0.05) is 12.1 Å². The smallest absolute Gasteiger partial charge is 0.313 e. The van der Waals surface area contributed by atoms with Gasteiger partial charge in [0.05, 0.1) is 17.4 Å². The van der Waals surface area contributed by atoms with Crippen LogP contribution in [0, 0.1) is 10.1 Å². The van der Waals surface area contributed by atoms with Gasteiger partial charge in [-0.3, -0.25) is 14.9 Å². The highest BCUT2D eigenvalue weighted by atomic mass is 16.6. The fraction of sp³-hybridized carbons (Fsp3) is 0.462. The molecule has 1 aromatic rings. The second-order valence-electron chi connectivity index (χ2n) is 3.94. The molecule has 0 amide bonds. The van der Waals surface area contributed by atoms with Crippen molar-refractivity contribution in [3.8, 4) is 0 Å². The van der Waals surface area contributed by atoms with Crippen LogP contribution in [-0.2, 0) is 9.53 Å². The summed E-state index contributed by atoms with van der Waals surface area (Å²) in [6.07, 6.45) is 1.52. The molecule has 0 aliphatic rings. The molecule has 0 aliphatic carbocycles. The van der Waals surface area contributed by atoms with Gasteiger partial charge in [-0.05, 0) is 18.9 Å². The number of hydrogen-bond acceptors (Lipinski definition) is 4. The lowest BCUT2D eigenvalue weighted by Gasteiger charge is -2.14. The average Bonchev–Trinajstić information content (AvgIpc) is 2.36. The predicted octanol–water partition coefficient (Wildman–Crippen LogP) is 3.04. The standard InChI is InChI=1S/C13H17NO4/c1-3-5-12(13(15)18-4-2)10-6-8-11(9-7-10)14(16)17/h6-9,12H,3-5H2,1-2H3/t12-/m0/s1. The third kappa shape index (κ3) is 3.55. The molecule has 0 saturated heterocycles. The van der Waals surface area contributed by atoms with Crippen molar-refractivity contribution in [2.45, 2.75) is 32.6 Å². The van der Waals surface area contributed by atoms with E-state index in [2.05, 4.69) is 0 Å². The number of nitrogens with zero attached hydrogens (tertiary/aromatic N) is 1. The Labute approximate surface area is 106 Å². The van der Waals surface area contributed by atoms with Crippen LogP contribution in [0.25, 0.3) is 0 Å². The largest absolute Gasteiger partial charge is 0.466 e. The number of esters is 1. The summed E-state index contributed by atoms with van der Waals surface area (Å²) in [5.74, 6) is -0.607. The van der Waals surface area contributed by atoms with Gasteiger partial charge < -0.3 is 4.74 Å². The maximum Gasteiger partial charge on any atom is 0.313 e. The summed E-state index contributed by atoms with van der Waals surface area (Å²) in [5.41, 5.74) is 0.791. The first-order valence-electron chi connectivity index (χ1n) is 6.01. The molecule has 0 N–H and O–H groups in total. The van der Waals surface area contributed by atoms with Crippen molar-refractivity contribution in [3.63, 3.8) is 0 Å². The van der Waals surface area contributed by atoms with Crippen molar-refractivity contribution in [1.29, 1.82) is 0 Å². The van der Waals surface area contributed by atoms with E-state index in [-0.39, 0.29) is 17.6 Å². The Kier molecular flexibility index (Phi) is 5.30. The minimum atomic E-state index is -0.455. The first kappa shape index (κ1) is 14.2. The van der Waals surface area contributed by atoms with Gasteiger partial charge in [-0.15, -0.1) is 0 Å². The van der Waals surface area contributed by atoms with Gasteiger partial charge in [-0.2, -0.15) is 0 Å². The molecule has 0 bridgehead atoms. The van der Waals surface area contributed by atoms with E-state index in [0.717, 1.165) is 12.0 Å². The summed E-state index contributed by atoms with van der Waals surface area (Å²) in [7, 11) is 0. The molecule has 0 saturated carbocycles. The van der Waals surface area contributed by atoms with Crippen LogP contribution in [0.15, 0.2) is 24.3 Å². The molecule has 0 aliphatic heterocycles. The molecule has 0 heterocycles. The van der Waals surface area contributed by atoms with E-state index in [1.807, 2.05) is 6.92 Å². The van der Waals surface area contributed by atoms with Crippen molar-refractivity contribution in [2.75, 3.05) is 6.61 Å². The first-order chi connectivity index (χ1) is 8.60. The van der Waals surface area contributed by atoms with E-state index in [9.17, 15) is 14.9 Å². The summed E-state index contributed by atoms with van der Waals surface area (Å²) in [5, 5.41) is 10.6. The molecular weight excluding hydrogens is 234 g/mol. The molecule has 0 fully saturated rings. The Morgan fingerprint density at radius 2 is 1.94 bits per heavy atom. The van der Waals surface area contributed by atoms with Crippen LogP contribution in [0.3, 0.4) is 0 Å². The number of benzene rings is 1. The zero-order chi connectivity index (χ0) is 13.5. The maximum atomic E-state index is 11.8. The van der Waals surface area contributed by atoms with Crippen LogP contribution in [0.1, 0.15) is 38.2 Å². The zero-order valence-electron chi connectivity index (χ0n) is 10.6. The molecule has 0 spiro atoms. The van der Waals surface area contributed by atoms with Gasteiger partial charge in [0.2, 0.25) is 0 Å². The fourth-order valence-electron chi connectivity index (χ4n) is 1.78. The van der Waals surface area contributed by atoms with Crippen molar-refractivity contribution in [3.05, 3.63) is 39.9 Å². The second-order valence-corrected chi connectivity index (χ2v) is 3.94. The molecule has 1 aromatic carbocycles. The molecule has 18 heavy (non-hydrogen) atoms. The SMILES string of the molecule is CCC[C@H](C(=O)OCC)c1ccc([N+](=O)[O-])cc1. The first-order valence-corrected chi connectivity index (χ1v) is 6.01. The number of ether oxygens (including phenoxy) is 1. The summed E-state index contributed by atoms with van der Waals surface area (Å²) in [6.45, 7) is 4.08. The number of non-ortho nitro benzene ring substituents is 1. The summed E-state index contributed by atoms with van der Waals surface area (Å²) < 4.78 is 5.02. The van der Waals surface area contributed by atoms with Crippen LogP contribution in [-0.4, -0.2) is 17.5 Å². The molecule has 98 valence electrons. The van der Waals surface area contributed by atoms with Crippen molar-refractivity contribution < 1.29 is 14.5 Å². The van der Waals surface area contributed by atoms with E-state index in [4.69, 9.17) is 4.74 Å². The molecule has 5 heteroatoms. The average molecular weight is 251 g/mol. The van der Waals surface area contributed by atoms with Crippen LogP contribution >= 0.6 is 0 Å². The molecular formula is C13H17NO4. The number of nitro benzene ring substituents is 1. The van der Waals surface area contributed by atoms with Gasteiger partial charge in [-0.25, -0.2) is 0 Å². The number of carbonyl (C=O) groups excluding carboxylic acids is 1. The van der Waals surface area contributed by atoms with E-state index in [1.165, 1.54) is 12.1 Å². The highest BCUT2D eigenvalue weighted by molar-refractivity contribution is 5.78. The van der Waals surface area contributed by atoms with Crippen LogP contribution < -0.4 is 0 Å². The van der Waals surface area contributed by atoms with Gasteiger partial charge in [0.25, 0.3) is 5.69 Å². The lowest BCUT2D eigenvalue weighted by molar-refractivity contribution is -0.384. The number of carbonyl (C=O) groups is 1. The van der Waals surface area contributed by atoms with Crippen molar-refractivity contribution in [2.24, 2.45) is 0 Å². The van der Waals surface area contributed by atoms with Crippen molar-refractivity contribution in [1.82, 2.24) is 0 Å². The minimum Gasteiger partial charge on any atom is -0.466 e. The van der Waals surface area contributed by atoms with E-state index >= 15 is 0 Å². The minimum absolute atomic E-state index is 0.0258. The van der Waals surface area contributed by atoms with Crippen molar-refractivity contribution >= 4 is 11.7 Å². The number of rotatable bonds is 6. The van der Waals surface area contributed by atoms with Gasteiger partial charge >= 0.3 is 5.97 Å². The molecule has 5 nitrogen and oxygen atoms in total. The Bertz CT molecular complexity index is 414. The van der Waals surface area contributed by atoms with E-state index in [0.29, 0.717) is 13.0 Å². The Morgan fingerprint density at radius 3 is 2.39 bits per heavy atom. The predicted molar refractivity (Wildman–Crippen MR) is 67.4 cm³/mol. The van der Waals surface area contributed by atoms with Crippen LogP contribution in [0.4, 0.5) is 5.69 Å². The number of nitro groups is 1. The summed E-state index contributed by atoms with van der Waals surface area (Å²) in [4.78, 5) is 21.9. The summed E-state index contributed by atoms with van der Waals surface area (Å²) >= 11 is 0. The highest BCUT2D eigenvalue weighted by Crippen LogP contribution is 2.25. The summed E-state index contributed by atoms with van der Waals surface area (Å²) in [6, 6.07) is 6.07. The molecule has 1 rings (SSSR count). The maximum absolute atomic E-state index is 11.8. The van der Waals surface area contributed by atoms with Gasteiger partial charge in [-0.1, -0.05) is 25.5 Å². The molecule has 0 unspecified atom stereocenters. The highest BCUT2D eigenvalue weighted by Gasteiger charge is 2.21. The van der Waals surface area contributed by atoms with E-state index < -0.39 is 4.92 Å². The van der Waals surface area contributed by atoms with Crippen LogP contribution in [0.2, 0.25) is 0 Å². The molecule has 0 aromatic heterocycles. The molecule has 1 atom stereocenters. The quantitative estimate of drug-likeness (QED) is 0.442. The Hall–Kier alpha value is -1.91. The zero-order valence-corrected chi connectivity index (χ0v) is 10.6.